The van der Waals surface area contributed by atoms with Gasteiger partial charge in [-0.25, -0.2) is 4.79 Å². The Balaban J connectivity index is 2.73. The van der Waals surface area contributed by atoms with Gasteiger partial charge < -0.3 is 9.47 Å². The van der Waals surface area contributed by atoms with E-state index in [0.717, 1.165) is 0 Å². The molecule has 5 heteroatoms. The number of pyridine rings is 2. The fourth-order valence-corrected chi connectivity index (χ4v) is 1.74. The normalized spacial score (nSPS) is 10.3. The molecule has 0 aliphatic rings. The molecule has 0 fully saturated rings. The Bertz CT molecular complexity index is 645. The van der Waals surface area contributed by atoms with Crippen LogP contribution in [-0.4, -0.2) is 24.1 Å². The van der Waals surface area contributed by atoms with Gasteiger partial charge in [-0.3, -0.25) is 9.20 Å². The lowest BCUT2D eigenvalue weighted by Gasteiger charge is -2.09. The van der Waals surface area contributed by atoms with E-state index in [-0.39, 0.29) is 12.2 Å². The highest BCUT2D eigenvalue weighted by Crippen LogP contribution is 2.18. The summed E-state index contributed by atoms with van der Waals surface area (Å²) < 4.78 is 11.4. The van der Waals surface area contributed by atoms with Crippen molar-refractivity contribution in [3.8, 4) is 5.75 Å². The van der Waals surface area contributed by atoms with Crippen LogP contribution in [0.3, 0.4) is 0 Å². The van der Waals surface area contributed by atoms with Crippen molar-refractivity contribution < 1.29 is 14.3 Å². The first kappa shape index (κ1) is 12.2. The lowest BCUT2D eigenvalue weighted by Crippen LogP contribution is -2.23. The van der Waals surface area contributed by atoms with Crippen molar-refractivity contribution in [1.82, 2.24) is 4.40 Å². The van der Waals surface area contributed by atoms with Crippen molar-refractivity contribution in [3.63, 3.8) is 0 Å². The Hall–Kier alpha value is -2.30. The predicted molar refractivity (Wildman–Crippen MR) is 66.2 cm³/mol. The molecule has 2 heterocycles. The van der Waals surface area contributed by atoms with Crippen LogP contribution in [0.25, 0.3) is 5.52 Å². The molecule has 0 radical (unpaired) electrons. The zero-order valence-corrected chi connectivity index (χ0v) is 10.2. The van der Waals surface area contributed by atoms with Crippen molar-refractivity contribution in [1.29, 1.82) is 0 Å². The Morgan fingerprint density at radius 2 is 2.17 bits per heavy atom. The van der Waals surface area contributed by atoms with Crippen LogP contribution in [0.5, 0.6) is 5.75 Å². The summed E-state index contributed by atoms with van der Waals surface area (Å²) in [5.74, 6) is -0.183. The Morgan fingerprint density at radius 1 is 1.39 bits per heavy atom. The lowest BCUT2D eigenvalue weighted by molar-refractivity contribution is 0.0523. The number of aromatic nitrogens is 1. The Labute approximate surface area is 104 Å². The van der Waals surface area contributed by atoms with E-state index in [1.165, 1.54) is 17.6 Å². The molecule has 0 amide bonds. The third kappa shape index (κ3) is 1.95. The molecule has 0 aliphatic heterocycles. The maximum Gasteiger partial charge on any atom is 0.343 e. The number of nitrogens with zero attached hydrogens (tertiary/aromatic N) is 1. The number of hydrogen-bond donors (Lipinski definition) is 0. The summed E-state index contributed by atoms with van der Waals surface area (Å²) in [5, 5.41) is 0. The number of carbonyl (C=O) groups is 1. The van der Waals surface area contributed by atoms with E-state index in [2.05, 4.69) is 0 Å². The van der Waals surface area contributed by atoms with Crippen molar-refractivity contribution in [2.75, 3.05) is 13.7 Å². The van der Waals surface area contributed by atoms with Crippen molar-refractivity contribution in [2.24, 2.45) is 0 Å². The van der Waals surface area contributed by atoms with Crippen LogP contribution in [0.15, 0.2) is 35.3 Å². The summed E-state index contributed by atoms with van der Waals surface area (Å²) in [6, 6.07) is 6.66. The predicted octanol–water partition coefficient (Wildman–Crippen LogP) is 1.48. The maximum atomic E-state index is 12.1. The third-order valence-corrected chi connectivity index (χ3v) is 2.55. The standard InChI is InChI=1S/C13H13NO4/c1-3-18-13(16)9-8-11(17-2)10-6-4-5-7-14(10)12(9)15/h4-8H,3H2,1-2H3. The van der Waals surface area contributed by atoms with Gasteiger partial charge in [0.25, 0.3) is 5.56 Å². The molecule has 0 N–H and O–H groups in total. The number of methoxy groups -OCH3 is 1. The quantitative estimate of drug-likeness (QED) is 0.771. The molecule has 2 rings (SSSR count). The zero-order chi connectivity index (χ0) is 13.1. The van der Waals surface area contributed by atoms with Gasteiger partial charge in [-0.05, 0) is 19.1 Å². The van der Waals surface area contributed by atoms with Gasteiger partial charge >= 0.3 is 5.97 Å². The van der Waals surface area contributed by atoms with E-state index in [0.29, 0.717) is 11.3 Å². The molecular formula is C13H13NO4. The van der Waals surface area contributed by atoms with Gasteiger partial charge in [-0.15, -0.1) is 0 Å². The summed E-state index contributed by atoms with van der Waals surface area (Å²) in [5.41, 5.74) is 0.167. The minimum absolute atomic E-state index is 0.0302. The molecular weight excluding hydrogens is 234 g/mol. The van der Waals surface area contributed by atoms with E-state index < -0.39 is 11.5 Å². The maximum absolute atomic E-state index is 12.1. The minimum atomic E-state index is -0.640. The van der Waals surface area contributed by atoms with Crippen molar-refractivity contribution in [2.45, 2.75) is 6.92 Å². The Kier molecular flexibility index (Phi) is 3.32. The molecule has 0 saturated heterocycles. The van der Waals surface area contributed by atoms with E-state index >= 15 is 0 Å². The fourth-order valence-electron chi connectivity index (χ4n) is 1.74. The summed E-state index contributed by atoms with van der Waals surface area (Å²) >= 11 is 0. The first-order chi connectivity index (χ1) is 8.69. The first-order valence-electron chi connectivity index (χ1n) is 5.54. The second-order valence-corrected chi connectivity index (χ2v) is 3.61. The molecule has 0 atom stereocenters. The average molecular weight is 247 g/mol. The van der Waals surface area contributed by atoms with E-state index in [1.54, 1.807) is 31.3 Å². The van der Waals surface area contributed by atoms with Crippen LogP contribution >= 0.6 is 0 Å². The van der Waals surface area contributed by atoms with Gasteiger partial charge in [0.1, 0.15) is 11.3 Å². The Morgan fingerprint density at radius 3 is 2.83 bits per heavy atom. The third-order valence-electron chi connectivity index (χ3n) is 2.55. The van der Waals surface area contributed by atoms with Crippen LogP contribution in [-0.2, 0) is 4.74 Å². The largest absolute Gasteiger partial charge is 0.495 e. The molecule has 2 aromatic heterocycles. The number of carbonyl (C=O) groups excluding carboxylic acids is 1. The van der Waals surface area contributed by atoms with Gasteiger partial charge in [0.15, 0.2) is 0 Å². The van der Waals surface area contributed by atoms with Gasteiger partial charge in [0.05, 0.1) is 19.2 Å². The molecule has 2 aromatic rings. The van der Waals surface area contributed by atoms with Crippen LogP contribution in [0.4, 0.5) is 0 Å². The average Bonchev–Trinajstić information content (AvgIpc) is 2.40. The zero-order valence-electron chi connectivity index (χ0n) is 10.2. The summed E-state index contributed by atoms with van der Waals surface area (Å²) in [6.45, 7) is 1.91. The SMILES string of the molecule is CCOC(=O)c1cc(OC)c2ccccn2c1=O. The lowest BCUT2D eigenvalue weighted by atomic mass is 10.2. The number of fused-ring (bicyclic) bond motifs is 1. The molecule has 0 aliphatic carbocycles. The summed E-state index contributed by atoms with van der Waals surface area (Å²) in [6.07, 6.45) is 1.59. The van der Waals surface area contributed by atoms with E-state index in [1.807, 2.05) is 0 Å². The highest BCUT2D eigenvalue weighted by Gasteiger charge is 2.16. The van der Waals surface area contributed by atoms with Crippen LogP contribution in [0, 0.1) is 0 Å². The second kappa shape index (κ2) is 4.91. The van der Waals surface area contributed by atoms with Crippen LogP contribution < -0.4 is 10.3 Å². The number of ether oxygens (including phenoxy) is 2. The molecule has 94 valence electrons. The fraction of sp³-hybridized carbons (Fsp3) is 0.231. The highest BCUT2D eigenvalue weighted by atomic mass is 16.5. The van der Waals surface area contributed by atoms with Gasteiger partial charge in [0.2, 0.25) is 0 Å². The molecule has 5 nitrogen and oxygen atoms in total. The number of esters is 1. The monoisotopic (exact) mass is 247 g/mol. The molecule has 0 spiro atoms. The number of hydrogen-bond acceptors (Lipinski definition) is 4. The highest BCUT2D eigenvalue weighted by molar-refractivity contribution is 5.90. The first-order valence-corrected chi connectivity index (χ1v) is 5.54. The second-order valence-electron chi connectivity index (χ2n) is 3.61. The topological polar surface area (TPSA) is 57.0 Å². The summed E-state index contributed by atoms with van der Waals surface area (Å²) in [7, 11) is 1.49. The molecule has 18 heavy (non-hydrogen) atoms. The number of rotatable bonds is 3. The minimum Gasteiger partial charge on any atom is -0.495 e. The molecule has 0 saturated carbocycles. The van der Waals surface area contributed by atoms with Crippen molar-refractivity contribution >= 4 is 11.5 Å². The van der Waals surface area contributed by atoms with E-state index in [9.17, 15) is 9.59 Å². The molecule has 0 bridgehead atoms. The molecule has 0 aromatic carbocycles. The van der Waals surface area contributed by atoms with Gasteiger partial charge in [-0.2, -0.15) is 0 Å². The molecule has 0 unspecified atom stereocenters. The smallest absolute Gasteiger partial charge is 0.343 e. The summed E-state index contributed by atoms with van der Waals surface area (Å²) in [4.78, 5) is 23.8. The van der Waals surface area contributed by atoms with E-state index in [4.69, 9.17) is 9.47 Å². The van der Waals surface area contributed by atoms with Crippen LogP contribution in [0.2, 0.25) is 0 Å². The van der Waals surface area contributed by atoms with Gasteiger partial charge in [-0.1, -0.05) is 6.07 Å². The van der Waals surface area contributed by atoms with Crippen LogP contribution in [0.1, 0.15) is 17.3 Å². The van der Waals surface area contributed by atoms with Gasteiger partial charge in [0, 0.05) is 12.3 Å². The van der Waals surface area contributed by atoms with Crippen molar-refractivity contribution in [3.05, 3.63) is 46.4 Å².